The molecule has 0 saturated carbocycles. The zero-order valence-electron chi connectivity index (χ0n) is 12.7. The van der Waals surface area contributed by atoms with Crippen LogP contribution < -0.4 is 10.1 Å². The largest absolute Gasteiger partial charge is 0.497 e. The number of benzene rings is 1. The third kappa shape index (κ3) is 3.21. The lowest BCUT2D eigenvalue weighted by Crippen LogP contribution is -2.24. The predicted molar refractivity (Wildman–Crippen MR) is 89.2 cm³/mol. The van der Waals surface area contributed by atoms with Gasteiger partial charge >= 0.3 is 0 Å². The summed E-state index contributed by atoms with van der Waals surface area (Å²) in [4.78, 5) is 4.51. The summed E-state index contributed by atoms with van der Waals surface area (Å²) in [5, 5.41) is 7.86. The van der Waals surface area contributed by atoms with Gasteiger partial charge in [0.15, 0.2) is 0 Å². The van der Waals surface area contributed by atoms with Crippen LogP contribution in [0.5, 0.6) is 5.75 Å². The lowest BCUT2D eigenvalue weighted by molar-refractivity contribution is 0.413. The molecule has 2 aromatic heterocycles. The molecule has 0 bridgehead atoms. The van der Waals surface area contributed by atoms with Gasteiger partial charge in [-0.05, 0) is 40.1 Å². The lowest BCUT2D eigenvalue weighted by atomic mass is 10.1. The normalized spacial score (nSPS) is 12.3. The van der Waals surface area contributed by atoms with E-state index in [0.29, 0.717) is 0 Å². The summed E-state index contributed by atoms with van der Waals surface area (Å²) in [5.41, 5.74) is 2.43. The molecule has 114 valence electrons. The summed E-state index contributed by atoms with van der Waals surface area (Å²) >= 11 is 1.71. The maximum absolute atomic E-state index is 5.35. The van der Waals surface area contributed by atoms with Crippen molar-refractivity contribution in [3.8, 4) is 5.75 Å². The van der Waals surface area contributed by atoms with Gasteiger partial charge in [-0.3, -0.25) is 5.32 Å². The van der Waals surface area contributed by atoms with Gasteiger partial charge in [0.1, 0.15) is 11.6 Å². The minimum Gasteiger partial charge on any atom is -0.497 e. The van der Waals surface area contributed by atoms with E-state index in [1.807, 2.05) is 36.1 Å². The number of hydrogen-bond donors (Lipinski definition) is 1. The number of thiophene rings is 1. The van der Waals surface area contributed by atoms with Gasteiger partial charge in [0.25, 0.3) is 0 Å². The number of ether oxygens (including phenoxy) is 1. The molecule has 5 heteroatoms. The van der Waals surface area contributed by atoms with Crippen LogP contribution in [0.2, 0.25) is 0 Å². The van der Waals surface area contributed by atoms with Crippen LogP contribution in [-0.2, 0) is 13.6 Å². The SMILES string of the molecule is COc1cccc([C@H](NCc2ccsc2)c2nccn2C)c1. The number of methoxy groups -OCH3 is 1. The zero-order chi connectivity index (χ0) is 15.4. The highest BCUT2D eigenvalue weighted by atomic mass is 32.1. The number of aryl methyl sites for hydroxylation is 1. The Bertz CT molecular complexity index is 721. The van der Waals surface area contributed by atoms with Crippen LogP contribution in [-0.4, -0.2) is 16.7 Å². The topological polar surface area (TPSA) is 39.1 Å². The summed E-state index contributed by atoms with van der Waals surface area (Å²) in [6, 6.07) is 10.3. The summed E-state index contributed by atoms with van der Waals surface area (Å²) in [6.07, 6.45) is 3.80. The molecule has 1 aromatic carbocycles. The van der Waals surface area contributed by atoms with Crippen LogP contribution in [0, 0.1) is 0 Å². The molecule has 0 saturated heterocycles. The highest BCUT2D eigenvalue weighted by Gasteiger charge is 2.18. The molecule has 0 aliphatic heterocycles. The quantitative estimate of drug-likeness (QED) is 0.758. The van der Waals surface area contributed by atoms with E-state index in [2.05, 4.69) is 39.3 Å². The van der Waals surface area contributed by atoms with Crippen LogP contribution in [0.1, 0.15) is 23.0 Å². The van der Waals surface area contributed by atoms with E-state index in [-0.39, 0.29) is 6.04 Å². The van der Waals surface area contributed by atoms with Crippen LogP contribution in [0.15, 0.2) is 53.5 Å². The van der Waals surface area contributed by atoms with Gasteiger partial charge in [-0.25, -0.2) is 4.98 Å². The van der Waals surface area contributed by atoms with E-state index >= 15 is 0 Å². The Kier molecular flexibility index (Phi) is 4.56. The fraction of sp³-hybridized carbons (Fsp3) is 0.235. The number of imidazole rings is 1. The van der Waals surface area contributed by atoms with Gasteiger partial charge in [-0.15, -0.1) is 0 Å². The third-order valence-corrected chi connectivity index (χ3v) is 4.37. The molecular weight excluding hydrogens is 294 g/mol. The summed E-state index contributed by atoms with van der Waals surface area (Å²) in [5.74, 6) is 1.84. The second-order valence-corrected chi connectivity index (χ2v) is 5.90. The van der Waals surface area contributed by atoms with Crippen molar-refractivity contribution in [2.75, 3.05) is 7.11 Å². The van der Waals surface area contributed by atoms with Gasteiger partial charge in [-0.2, -0.15) is 11.3 Å². The van der Waals surface area contributed by atoms with Crippen molar-refractivity contribution in [2.24, 2.45) is 7.05 Å². The first-order valence-electron chi connectivity index (χ1n) is 7.13. The molecule has 0 radical (unpaired) electrons. The molecule has 1 atom stereocenters. The van der Waals surface area contributed by atoms with Crippen LogP contribution in [0.3, 0.4) is 0 Å². The van der Waals surface area contributed by atoms with Gasteiger partial charge < -0.3 is 9.30 Å². The average Bonchev–Trinajstić information content (AvgIpc) is 3.20. The maximum atomic E-state index is 5.35. The molecule has 1 N–H and O–H groups in total. The maximum Gasteiger partial charge on any atom is 0.130 e. The Morgan fingerprint density at radius 3 is 2.95 bits per heavy atom. The molecule has 0 amide bonds. The molecule has 0 spiro atoms. The minimum absolute atomic E-state index is 0.0231. The molecule has 2 heterocycles. The summed E-state index contributed by atoms with van der Waals surface area (Å²) < 4.78 is 7.40. The molecule has 0 unspecified atom stereocenters. The third-order valence-electron chi connectivity index (χ3n) is 3.63. The van der Waals surface area contributed by atoms with E-state index in [0.717, 1.165) is 23.7 Å². The Hall–Kier alpha value is -2.11. The molecular formula is C17H19N3OS. The lowest BCUT2D eigenvalue weighted by Gasteiger charge is -2.19. The van der Waals surface area contributed by atoms with Crippen molar-refractivity contribution in [2.45, 2.75) is 12.6 Å². The molecule has 4 nitrogen and oxygen atoms in total. The smallest absolute Gasteiger partial charge is 0.130 e. The minimum atomic E-state index is 0.0231. The van der Waals surface area contributed by atoms with Crippen molar-refractivity contribution < 1.29 is 4.74 Å². The number of nitrogens with zero attached hydrogens (tertiary/aromatic N) is 2. The summed E-state index contributed by atoms with van der Waals surface area (Å²) in [6.45, 7) is 0.804. The molecule has 0 fully saturated rings. The number of rotatable bonds is 6. The van der Waals surface area contributed by atoms with Gasteiger partial charge in [0.05, 0.1) is 13.2 Å². The van der Waals surface area contributed by atoms with E-state index in [9.17, 15) is 0 Å². The van der Waals surface area contributed by atoms with Crippen molar-refractivity contribution in [1.29, 1.82) is 0 Å². The Balaban J connectivity index is 1.90. The second-order valence-electron chi connectivity index (χ2n) is 5.12. The Morgan fingerprint density at radius 1 is 1.36 bits per heavy atom. The number of aromatic nitrogens is 2. The van der Waals surface area contributed by atoms with Crippen molar-refractivity contribution in [3.63, 3.8) is 0 Å². The number of hydrogen-bond acceptors (Lipinski definition) is 4. The molecule has 0 aliphatic carbocycles. The highest BCUT2D eigenvalue weighted by molar-refractivity contribution is 7.07. The first-order chi connectivity index (χ1) is 10.8. The zero-order valence-corrected chi connectivity index (χ0v) is 13.5. The van der Waals surface area contributed by atoms with E-state index < -0.39 is 0 Å². The highest BCUT2D eigenvalue weighted by Crippen LogP contribution is 2.24. The van der Waals surface area contributed by atoms with Crippen molar-refractivity contribution in [3.05, 3.63) is 70.4 Å². The molecule has 3 rings (SSSR count). The van der Waals surface area contributed by atoms with E-state index in [1.165, 1.54) is 5.56 Å². The fourth-order valence-corrected chi connectivity index (χ4v) is 3.12. The first kappa shape index (κ1) is 14.8. The standard InChI is InChI=1S/C17H19N3OS/c1-20-8-7-18-17(20)16(19-11-13-6-9-22-12-13)14-4-3-5-15(10-14)21-2/h3-10,12,16,19H,11H2,1-2H3/t16-/m0/s1. The monoisotopic (exact) mass is 313 g/mol. The predicted octanol–water partition coefficient (Wildman–Crippen LogP) is 3.37. The first-order valence-corrected chi connectivity index (χ1v) is 8.08. The van der Waals surface area contributed by atoms with Crippen LogP contribution in [0.4, 0.5) is 0 Å². The van der Waals surface area contributed by atoms with Crippen LogP contribution >= 0.6 is 11.3 Å². The van der Waals surface area contributed by atoms with E-state index in [1.54, 1.807) is 18.4 Å². The van der Waals surface area contributed by atoms with Crippen LogP contribution in [0.25, 0.3) is 0 Å². The fourth-order valence-electron chi connectivity index (χ4n) is 2.45. The molecule has 0 aliphatic rings. The Labute approximate surface area is 134 Å². The van der Waals surface area contributed by atoms with Gasteiger partial charge in [-0.1, -0.05) is 12.1 Å². The number of nitrogens with one attached hydrogen (secondary N) is 1. The molecule has 3 aromatic rings. The van der Waals surface area contributed by atoms with Gasteiger partial charge in [0.2, 0.25) is 0 Å². The van der Waals surface area contributed by atoms with Crippen molar-refractivity contribution in [1.82, 2.24) is 14.9 Å². The Morgan fingerprint density at radius 2 is 2.27 bits per heavy atom. The summed E-state index contributed by atoms with van der Waals surface area (Å²) in [7, 11) is 3.70. The average molecular weight is 313 g/mol. The van der Waals surface area contributed by atoms with Gasteiger partial charge in [0, 0.05) is 26.0 Å². The second kappa shape index (κ2) is 6.77. The van der Waals surface area contributed by atoms with Crippen molar-refractivity contribution >= 4 is 11.3 Å². The molecule has 22 heavy (non-hydrogen) atoms. The van der Waals surface area contributed by atoms with E-state index in [4.69, 9.17) is 4.74 Å².